The summed E-state index contributed by atoms with van der Waals surface area (Å²) in [5, 5.41) is 6.35. The number of fused-ring (bicyclic) bond motifs is 1. The molecule has 1 unspecified atom stereocenters. The molecule has 0 bridgehead atoms. The number of aromatic amines is 1. The number of benzene rings is 1. The number of rotatable bonds is 6. The predicted octanol–water partition coefficient (Wildman–Crippen LogP) is 3.69. The fraction of sp³-hybridized carbons (Fsp3) is 0.368. The van der Waals surface area contributed by atoms with Crippen molar-refractivity contribution in [2.75, 3.05) is 16.4 Å². The molecule has 28 heavy (non-hydrogen) atoms. The maximum absolute atomic E-state index is 12.9. The van der Waals surface area contributed by atoms with E-state index in [0.717, 1.165) is 18.6 Å². The van der Waals surface area contributed by atoms with Crippen molar-refractivity contribution in [2.24, 2.45) is 0 Å². The van der Waals surface area contributed by atoms with Gasteiger partial charge in [0.05, 0.1) is 11.5 Å². The lowest BCUT2D eigenvalue weighted by atomic mass is 9.92. The Labute approximate surface area is 171 Å². The summed E-state index contributed by atoms with van der Waals surface area (Å²) >= 11 is 7.52. The first-order valence-corrected chi connectivity index (χ1v) is 10.4. The Morgan fingerprint density at radius 2 is 2.18 bits per heavy atom. The third kappa shape index (κ3) is 4.39. The monoisotopic (exact) mass is 420 g/mol. The largest absolute Gasteiger partial charge is 0.325 e. The summed E-state index contributed by atoms with van der Waals surface area (Å²) in [4.78, 5) is 44.7. The van der Waals surface area contributed by atoms with Crippen molar-refractivity contribution in [3.8, 4) is 0 Å². The molecule has 1 aromatic carbocycles. The molecule has 1 aromatic heterocycles. The van der Waals surface area contributed by atoms with Gasteiger partial charge in [-0.3, -0.25) is 14.4 Å². The average Bonchev–Trinajstić information content (AvgIpc) is 2.64. The summed E-state index contributed by atoms with van der Waals surface area (Å²) < 4.78 is 0. The van der Waals surface area contributed by atoms with Gasteiger partial charge in [0.25, 0.3) is 5.56 Å². The quantitative estimate of drug-likeness (QED) is 0.375. The lowest BCUT2D eigenvalue weighted by Gasteiger charge is -2.24. The average molecular weight is 421 g/mol. The SMILES string of the molecule is CCCCSc1nc2c(c(=O)[nH]1)C(C(=O)Nc1cccc(Cl)c1C)CC(=O)N2. The van der Waals surface area contributed by atoms with Crippen molar-refractivity contribution in [2.45, 2.75) is 44.2 Å². The van der Waals surface area contributed by atoms with Crippen molar-refractivity contribution >= 4 is 46.7 Å². The number of thioether (sulfide) groups is 1. The van der Waals surface area contributed by atoms with Crippen LogP contribution in [-0.4, -0.2) is 27.5 Å². The number of carbonyl (C=O) groups excluding carboxylic acids is 2. The third-order valence-corrected chi connectivity index (χ3v) is 5.88. The number of halogens is 1. The lowest BCUT2D eigenvalue weighted by Crippen LogP contribution is -2.36. The van der Waals surface area contributed by atoms with Crippen LogP contribution in [0.15, 0.2) is 28.2 Å². The Balaban J connectivity index is 1.89. The zero-order chi connectivity index (χ0) is 20.3. The molecule has 3 N–H and O–H groups in total. The first-order chi connectivity index (χ1) is 13.4. The molecule has 0 spiro atoms. The number of hydrogen-bond acceptors (Lipinski definition) is 5. The number of amides is 2. The first kappa shape index (κ1) is 20.4. The van der Waals surface area contributed by atoms with Crippen LogP contribution in [0.4, 0.5) is 11.5 Å². The van der Waals surface area contributed by atoms with Gasteiger partial charge in [-0.15, -0.1) is 0 Å². The number of nitrogens with zero attached hydrogens (tertiary/aromatic N) is 1. The summed E-state index contributed by atoms with van der Waals surface area (Å²) in [7, 11) is 0. The van der Waals surface area contributed by atoms with E-state index in [0.29, 0.717) is 21.4 Å². The van der Waals surface area contributed by atoms with Crippen LogP contribution in [0.1, 0.15) is 43.2 Å². The van der Waals surface area contributed by atoms with Crippen LogP contribution in [-0.2, 0) is 9.59 Å². The summed E-state index contributed by atoms with van der Waals surface area (Å²) in [6.07, 6.45) is 1.90. The third-order valence-electron chi connectivity index (χ3n) is 4.51. The molecule has 0 fully saturated rings. The Bertz CT molecular complexity index is 976. The van der Waals surface area contributed by atoms with E-state index in [2.05, 4.69) is 27.5 Å². The zero-order valence-electron chi connectivity index (χ0n) is 15.6. The molecule has 7 nitrogen and oxygen atoms in total. The molecule has 2 aromatic rings. The van der Waals surface area contributed by atoms with E-state index in [1.54, 1.807) is 25.1 Å². The minimum atomic E-state index is -0.923. The van der Waals surface area contributed by atoms with Crippen molar-refractivity contribution in [1.82, 2.24) is 9.97 Å². The van der Waals surface area contributed by atoms with Crippen molar-refractivity contribution in [3.63, 3.8) is 0 Å². The van der Waals surface area contributed by atoms with Crippen LogP contribution in [0.3, 0.4) is 0 Å². The molecule has 0 radical (unpaired) electrons. The van der Waals surface area contributed by atoms with E-state index in [-0.39, 0.29) is 23.7 Å². The maximum atomic E-state index is 12.9. The van der Waals surface area contributed by atoms with Crippen molar-refractivity contribution in [1.29, 1.82) is 0 Å². The van der Waals surface area contributed by atoms with Gasteiger partial charge in [-0.05, 0) is 31.0 Å². The highest BCUT2D eigenvalue weighted by atomic mass is 35.5. The first-order valence-electron chi connectivity index (χ1n) is 9.03. The molecule has 0 aliphatic carbocycles. The zero-order valence-corrected chi connectivity index (χ0v) is 17.2. The van der Waals surface area contributed by atoms with E-state index in [4.69, 9.17) is 11.6 Å². The van der Waals surface area contributed by atoms with Gasteiger partial charge in [-0.1, -0.05) is 42.8 Å². The topological polar surface area (TPSA) is 104 Å². The number of H-pyrrole nitrogens is 1. The molecule has 148 valence electrons. The number of nitrogens with one attached hydrogen (secondary N) is 3. The van der Waals surface area contributed by atoms with Crippen LogP contribution in [0.25, 0.3) is 0 Å². The summed E-state index contributed by atoms with van der Waals surface area (Å²) in [6.45, 7) is 3.86. The highest BCUT2D eigenvalue weighted by Crippen LogP contribution is 2.31. The Morgan fingerprint density at radius 3 is 2.93 bits per heavy atom. The fourth-order valence-electron chi connectivity index (χ4n) is 2.92. The summed E-state index contributed by atoms with van der Waals surface area (Å²) in [6, 6.07) is 5.17. The standard InChI is InChI=1S/C19H21ClN4O3S/c1-3-4-8-28-19-23-16-15(18(27)24-19)11(9-14(25)22-16)17(26)21-13-7-5-6-12(20)10(13)2/h5-7,11H,3-4,8-9H2,1-2H3,(H,21,26)(H2,22,23,24,25,27). The Hall–Kier alpha value is -2.32. The van der Waals surface area contributed by atoms with E-state index in [1.165, 1.54) is 11.8 Å². The van der Waals surface area contributed by atoms with Gasteiger partial charge in [0, 0.05) is 22.9 Å². The molecule has 0 saturated heterocycles. The van der Waals surface area contributed by atoms with E-state index >= 15 is 0 Å². The van der Waals surface area contributed by atoms with E-state index in [1.807, 2.05) is 0 Å². The van der Waals surface area contributed by atoms with Crippen LogP contribution in [0.2, 0.25) is 5.02 Å². The van der Waals surface area contributed by atoms with E-state index < -0.39 is 17.4 Å². The molecule has 1 atom stereocenters. The fourth-order valence-corrected chi connectivity index (χ4v) is 4.04. The van der Waals surface area contributed by atoms with Crippen molar-refractivity contribution < 1.29 is 9.59 Å². The molecular formula is C19H21ClN4O3S. The van der Waals surface area contributed by atoms with Gasteiger partial charge in [-0.2, -0.15) is 0 Å². The van der Waals surface area contributed by atoms with Gasteiger partial charge in [0.15, 0.2) is 5.16 Å². The summed E-state index contributed by atoms with van der Waals surface area (Å²) in [5.41, 5.74) is 1.03. The van der Waals surface area contributed by atoms with Crippen LogP contribution in [0.5, 0.6) is 0 Å². The molecule has 1 aliphatic rings. The van der Waals surface area contributed by atoms with Crippen LogP contribution < -0.4 is 16.2 Å². The van der Waals surface area contributed by atoms with Crippen LogP contribution in [0, 0.1) is 6.92 Å². The number of anilines is 2. The number of unbranched alkanes of at least 4 members (excludes halogenated alkanes) is 1. The maximum Gasteiger partial charge on any atom is 0.257 e. The molecule has 1 aliphatic heterocycles. The van der Waals surface area contributed by atoms with Gasteiger partial charge in [-0.25, -0.2) is 4.98 Å². The smallest absolute Gasteiger partial charge is 0.257 e. The highest BCUT2D eigenvalue weighted by molar-refractivity contribution is 7.99. The number of carbonyl (C=O) groups is 2. The lowest BCUT2D eigenvalue weighted by molar-refractivity contribution is -0.123. The molecule has 2 amide bonds. The molecule has 3 rings (SSSR count). The normalized spacial score (nSPS) is 15.7. The van der Waals surface area contributed by atoms with Gasteiger partial charge in [0.1, 0.15) is 5.82 Å². The highest BCUT2D eigenvalue weighted by Gasteiger charge is 2.35. The Morgan fingerprint density at radius 1 is 1.39 bits per heavy atom. The second-order valence-electron chi connectivity index (χ2n) is 6.54. The molecule has 0 saturated carbocycles. The minimum Gasteiger partial charge on any atom is -0.325 e. The molecule has 2 heterocycles. The number of aromatic nitrogens is 2. The molecular weight excluding hydrogens is 400 g/mol. The molecule has 9 heteroatoms. The van der Waals surface area contributed by atoms with Crippen LogP contribution >= 0.6 is 23.4 Å². The minimum absolute atomic E-state index is 0.120. The van der Waals surface area contributed by atoms with Gasteiger partial charge in [0.2, 0.25) is 11.8 Å². The predicted molar refractivity (Wildman–Crippen MR) is 111 cm³/mol. The summed E-state index contributed by atoms with van der Waals surface area (Å²) in [5.74, 6) is -0.752. The second-order valence-corrected chi connectivity index (χ2v) is 8.03. The Kier molecular flexibility index (Phi) is 6.41. The van der Waals surface area contributed by atoms with Crippen molar-refractivity contribution in [3.05, 3.63) is 44.7 Å². The van der Waals surface area contributed by atoms with Gasteiger partial charge >= 0.3 is 0 Å². The van der Waals surface area contributed by atoms with E-state index in [9.17, 15) is 14.4 Å². The van der Waals surface area contributed by atoms with Gasteiger partial charge < -0.3 is 15.6 Å². The number of hydrogen-bond donors (Lipinski definition) is 3. The second kappa shape index (κ2) is 8.79.